The average Bonchev–Trinajstić information content (AvgIpc) is 2.66. The van der Waals surface area contributed by atoms with E-state index in [2.05, 4.69) is 34.9 Å². The average molecular weight is 228 g/mol. The molecule has 78 valence electrons. The Hall–Kier alpha value is -0.0600. The Morgan fingerprint density at radius 1 is 1.71 bits per heavy atom. The monoisotopic (exact) mass is 228 g/mol. The van der Waals surface area contributed by atoms with Crippen molar-refractivity contribution in [2.24, 2.45) is 0 Å². The van der Waals surface area contributed by atoms with Crippen molar-refractivity contribution < 1.29 is 0 Å². The van der Waals surface area contributed by atoms with Gasteiger partial charge in [0, 0.05) is 23.6 Å². The van der Waals surface area contributed by atoms with Crippen LogP contribution < -0.4 is 0 Å². The minimum Gasteiger partial charge on any atom is -0.306 e. The summed E-state index contributed by atoms with van der Waals surface area (Å²) in [6.07, 6.45) is 2.60. The number of rotatable bonds is 2. The molecule has 0 aromatic carbocycles. The van der Waals surface area contributed by atoms with E-state index in [1.165, 1.54) is 30.9 Å². The van der Waals surface area contributed by atoms with Crippen LogP contribution in [0.15, 0.2) is 5.38 Å². The van der Waals surface area contributed by atoms with Crippen molar-refractivity contribution in [1.29, 1.82) is 0 Å². The first kappa shape index (κ1) is 10.5. The largest absolute Gasteiger partial charge is 0.306 e. The summed E-state index contributed by atoms with van der Waals surface area (Å²) in [6, 6.07) is 0. The zero-order chi connectivity index (χ0) is 9.97. The first-order chi connectivity index (χ1) is 6.79. The van der Waals surface area contributed by atoms with Crippen LogP contribution in [0.1, 0.15) is 29.5 Å². The lowest BCUT2D eigenvalue weighted by Crippen LogP contribution is -2.30. The standard InChI is InChI=1S/C10H16N2S2/c1-12-4-2-3-8(5-12)10-11-9(6-13)7-14-10/h7-8,13H,2-6H2,1H3. The zero-order valence-electron chi connectivity index (χ0n) is 8.44. The molecular formula is C10H16N2S2. The third-order valence-electron chi connectivity index (χ3n) is 2.71. The van der Waals surface area contributed by atoms with Gasteiger partial charge in [-0.3, -0.25) is 0 Å². The predicted octanol–water partition coefficient (Wildman–Crippen LogP) is 2.38. The molecule has 1 atom stereocenters. The third kappa shape index (κ3) is 2.30. The molecule has 0 saturated carbocycles. The number of thiazole rings is 1. The molecule has 0 N–H and O–H groups in total. The molecule has 1 aliphatic heterocycles. The zero-order valence-corrected chi connectivity index (χ0v) is 10.2. The highest BCUT2D eigenvalue weighted by Crippen LogP contribution is 2.28. The molecule has 2 heterocycles. The number of piperidine rings is 1. The van der Waals surface area contributed by atoms with Crippen molar-refractivity contribution in [2.45, 2.75) is 24.5 Å². The SMILES string of the molecule is CN1CCCC(c2nc(CS)cs2)C1. The summed E-state index contributed by atoms with van der Waals surface area (Å²) < 4.78 is 0. The normalized spacial score (nSPS) is 24.0. The van der Waals surface area contributed by atoms with Gasteiger partial charge in [-0.05, 0) is 26.4 Å². The van der Waals surface area contributed by atoms with Crippen molar-refractivity contribution in [1.82, 2.24) is 9.88 Å². The highest BCUT2D eigenvalue weighted by molar-refractivity contribution is 7.79. The summed E-state index contributed by atoms with van der Waals surface area (Å²) in [6.45, 7) is 2.40. The minimum atomic E-state index is 0.660. The second-order valence-electron chi connectivity index (χ2n) is 3.94. The van der Waals surface area contributed by atoms with Gasteiger partial charge in [-0.15, -0.1) is 11.3 Å². The smallest absolute Gasteiger partial charge is 0.0972 e. The molecule has 0 radical (unpaired) electrons. The number of thiol groups is 1. The summed E-state index contributed by atoms with van der Waals surface area (Å²) in [5, 5.41) is 3.44. The van der Waals surface area contributed by atoms with Crippen molar-refractivity contribution in [3.8, 4) is 0 Å². The number of nitrogens with zero attached hydrogens (tertiary/aromatic N) is 2. The second-order valence-corrected chi connectivity index (χ2v) is 5.14. The first-order valence-electron chi connectivity index (χ1n) is 5.03. The van der Waals surface area contributed by atoms with Crippen molar-refractivity contribution in [2.75, 3.05) is 20.1 Å². The van der Waals surface area contributed by atoms with E-state index in [0.29, 0.717) is 5.92 Å². The number of likely N-dealkylation sites (tertiary alicyclic amines) is 1. The van der Waals surface area contributed by atoms with Crippen LogP contribution in [0.3, 0.4) is 0 Å². The molecule has 1 aromatic rings. The molecule has 4 heteroatoms. The topological polar surface area (TPSA) is 16.1 Å². The predicted molar refractivity (Wildman–Crippen MR) is 64.3 cm³/mol. The highest BCUT2D eigenvalue weighted by atomic mass is 32.1. The van der Waals surface area contributed by atoms with Gasteiger partial charge < -0.3 is 4.90 Å². The Bertz CT molecular complexity index is 298. The van der Waals surface area contributed by atoms with Gasteiger partial charge >= 0.3 is 0 Å². The van der Waals surface area contributed by atoms with Crippen LogP contribution in [-0.4, -0.2) is 30.0 Å². The molecule has 1 aliphatic rings. The molecule has 0 amide bonds. The number of likely N-dealkylation sites (N-methyl/N-ethyl adjacent to an activating group) is 1. The maximum atomic E-state index is 4.60. The van der Waals surface area contributed by atoms with Crippen molar-refractivity contribution in [3.63, 3.8) is 0 Å². The maximum Gasteiger partial charge on any atom is 0.0972 e. The summed E-state index contributed by atoms with van der Waals surface area (Å²) in [4.78, 5) is 7.00. The third-order valence-corrected chi connectivity index (χ3v) is 4.09. The Kier molecular flexibility index (Phi) is 3.47. The van der Waals surface area contributed by atoms with E-state index in [1.807, 2.05) is 0 Å². The lowest BCUT2D eigenvalue weighted by Gasteiger charge is -2.28. The van der Waals surface area contributed by atoms with Gasteiger partial charge in [0.25, 0.3) is 0 Å². The molecule has 0 spiro atoms. The number of hydrogen-bond donors (Lipinski definition) is 1. The fraction of sp³-hybridized carbons (Fsp3) is 0.700. The fourth-order valence-corrected chi connectivity index (χ4v) is 3.18. The van der Waals surface area contributed by atoms with Gasteiger partial charge in [0.05, 0.1) is 10.7 Å². The van der Waals surface area contributed by atoms with E-state index in [-0.39, 0.29) is 0 Å². The van der Waals surface area contributed by atoms with Crippen LogP contribution >= 0.6 is 24.0 Å². The van der Waals surface area contributed by atoms with Crippen LogP contribution in [-0.2, 0) is 5.75 Å². The Balaban J connectivity index is 2.06. The first-order valence-corrected chi connectivity index (χ1v) is 6.54. The molecule has 0 aliphatic carbocycles. The molecule has 0 bridgehead atoms. The van der Waals surface area contributed by atoms with Gasteiger partial charge in [-0.25, -0.2) is 4.98 Å². The van der Waals surface area contributed by atoms with Crippen LogP contribution in [0.2, 0.25) is 0 Å². The second kappa shape index (κ2) is 4.64. The van der Waals surface area contributed by atoms with E-state index < -0.39 is 0 Å². The van der Waals surface area contributed by atoms with E-state index in [4.69, 9.17) is 0 Å². The number of aromatic nitrogens is 1. The Labute approximate surface area is 94.8 Å². The van der Waals surface area contributed by atoms with Crippen LogP contribution in [0.5, 0.6) is 0 Å². The lowest BCUT2D eigenvalue weighted by atomic mass is 9.99. The molecular weight excluding hydrogens is 212 g/mol. The summed E-state index contributed by atoms with van der Waals surface area (Å²) in [5.41, 5.74) is 1.13. The van der Waals surface area contributed by atoms with Gasteiger partial charge in [-0.1, -0.05) is 0 Å². The van der Waals surface area contributed by atoms with E-state index in [0.717, 1.165) is 11.4 Å². The molecule has 1 fully saturated rings. The molecule has 1 saturated heterocycles. The van der Waals surface area contributed by atoms with Crippen LogP contribution in [0.4, 0.5) is 0 Å². The van der Waals surface area contributed by atoms with Gasteiger partial charge in [0.1, 0.15) is 0 Å². The summed E-state index contributed by atoms with van der Waals surface area (Å²) in [5.74, 6) is 1.42. The van der Waals surface area contributed by atoms with Crippen molar-refractivity contribution in [3.05, 3.63) is 16.1 Å². The minimum absolute atomic E-state index is 0.660. The fourth-order valence-electron chi connectivity index (χ4n) is 1.95. The summed E-state index contributed by atoms with van der Waals surface area (Å²) >= 11 is 6.03. The lowest BCUT2D eigenvalue weighted by molar-refractivity contribution is 0.250. The molecule has 1 unspecified atom stereocenters. The van der Waals surface area contributed by atoms with Gasteiger partial charge in [0.15, 0.2) is 0 Å². The molecule has 14 heavy (non-hydrogen) atoms. The van der Waals surface area contributed by atoms with E-state index in [9.17, 15) is 0 Å². The molecule has 2 rings (SSSR count). The van der Waals surface area contributed by atoms with Gasteiger partial charge in [-0.2, -0.15) is 12.6 Å². The van der Waals surface area contributed by atoms with Crippen LogP contribution in [0, 0.1) is 0 Å². The quantitative estimate of drug-likeness (QED) is 0.782. The van der Waals surface area contributed by atoms with Crippen molar-refractivity contribution >= 4 is 24.0 Å². The Morgan fingerprint density at radius 2 is 2.57 bits per heavy atom. The van der Waals surface area contributed by atoms with E-state index in [1.54, 1.807) is 11.3 Å². The number of hydrogen-bond acceptors (Lipinski definition) is 4. The van der Waals surface area contributed by atoms with Crippen LogP contribution in [0.25, 0.3) is 0 Å². The van der Waals surface area contributed by atoms with Gasteiger partial charge in [0.2, 0.25) is 0 Å². The van der Waals surface area contributed by atoms with E-state index >= 15 is 0 Å². The Morgan fingerprint density at radius 3 is 3.21 bits per heavy atom. The highest BCUT2D eigenvalue weighted by Gasteiger charge is 2.21. The summed E-state index contributed by atoms with van der Waals surface area (Å²) in [7, 11) is 2.19. The molecule has 2 nitrogen and oxygen atoms in total. The maximum absolute atomic E-state index is 4.60. The molecule has 1 aromatic heterocycles.